The number of nitrogens with one attached hydrogen (secondary N) is 1. The third-order valence-corrected chi connectivity index (χ3v) is 3.61. The van der Waals surface area contributed by atoms with Gasteiger partial charge in [0.25, 0.3) is 5.91 Å². The van der Waals surface area contributed by atoms with Gasteiger partial charge in [-0.05, 0) is 43.5 Å². The minimum Gasteiger partial charge on any atom is -0.480 e. The number of rotatable bonds is 10. The van der Waals surface area contributed by atoms with Crippen molar-refractivity contribution in [2.24, 2.45) is 0 Å². The third kappa shape index (κ3) is 6.76. The number of carboxylic acids is 1. The fourth-order valence-electron chi connectivity index (χ4n) is 2.09. The summed E-state index contributed by atoms with van der Waals surface area (Å²) in [6.07, 6.45) is 7.14. The Kier molecular flexibility index (Phi) is 8.30. The van der Waals surface area contributed by atoms with E-state index in [-0.39, 0.29) is 0 Å². The molecule has 0 aliphatic rings. The molecule has 0 aliphatic carbocycles. The SMILES string of the molecule is C=CCCCCCC[C@@H](NC(=O)c1ccc(Cl)cc1)C(=O)O. The van der Waals surface area contributed by atoms with Crippen LogP contribution in [0, 0.1) is 0 Å². The van der Waals surface area contributed by atoms with Crippen LogP contribution in [0.3, 0.4) is 0 Å². The van der Waals surface area contributed by atoms with E-state index < -0.39 is 17.9 Å². The summed E-state index contributed by atoms with van der Waals surface area (Å²) < 4.78 is 0. The number of unbranched alkanes of at least 4 members (excludes halogenated alkanes) is 4. The average Bonchev–Trinajstić information content (AvgIpc) is 2.49. The predicted octanol–water partition coefficient (Wildman–Crippen LogP) is 4.05. The Bertz CT molecular complexity index is 499. The van der Waals surface area contributed by atoms with E-state index in [9.17, 15) is 14.7 Å². The first kappa shape index (κ1) is 18.2. The predicted molar refractivity (Wildman–Crippen MR) is 88.2 cm³/mol. The van der Waals surface area contributed by atoms with E-state index in [1.165, 1.54) is 0 Å². The molecule has 1 rings (SSSR count). The lowest BCUT2D eigenvalue weighted by atomic mass is 10.1. The van der Waals surface area contributed by atoms with Crippen molar-refractivity contribution < 1.29 is 14.7 Å². The molecule has 1 aromatic carbocycles. The maximum absolute atomic E-state index is 12.0. The van der Waals surface area contributed by atoms with Crippen molar-refractivity contribution in [2.75, 3.05) is 0 Å². The minimum absolute atomic E-state index is 0.393. The number of carbonyl (C=O) groups excluding carboxylic acids is 1. The van der Waals surface area contributed by atoms with Gasteiger partial charge in [-0.15, -0.1) is 6.58 Å². The zero-order valence-corrected chi connectivity index (χ0v) is 13.3. The molecule has 0 saturated carbocycles. The second-order valence-electron chi connectivity index (χ2n) is 5.15. The number of hydrogen-bond donors (Lipinski definition) is 2. The highest BCUT2D eigenvalue weighted by Crippen LogP contribution is 2.11. The number of benzene rings is 1. The Morgan fingerprint density at radius 3 is 2.41 bits per heavy atom. The van der Waals surface area contributed by atoms with Crippen LogP contribution >= 0.6 is 11.6 Å². The molecule has 4 nitrogen and oxygen atoms in total. The van der Waals surface area contributed by atoms with Crippen molar-refractivity contribution in [3.8, 4) is 0 Å². The first-order valence-electron chi connectivity index (χ1n) is 7.44. The number of hydrogen-bond acceptors (Lipinski definition) is 2. The zero-order valence-electron chi connectivity index (χ0n) is 12.6. The number of aliphatic carboxylic acids is 1. The van der Waals surface area contributed by atoms with Gasteiger partial charge in [-0.2, -0.15) is 0 Å². The van der Waals surface area contributed by atoms with Gasteiger partial charge in [-0.25, -0.2) is 4.79 Å². The summed E-state index contributed by atoms with van der Waals surface area (Å²) in [4.78, 5) is 23.3. The van der Waals surface area contributed by atoms with Gasteiger partial charge in [0.05, 0.1) is 0 Å². The molecule has 0 radical (unpaired) electrons. The Balaban J connectivity index is 2.43. The van der Waals surface area contributed by atoms with E-state index in [4.69, 9.17) is 11.6 Å². The average molecular weight is 324 g/mol. The van der Waals surface area contributed by atoms with Crippen LogP contribution in [-0.2, 0) is 4.79 Å². The van der Waals surface area contributed by atoms with Crippen LogP contribution in [0.5, 0.6) is 0 Å². The molecule has 0 bridgehead atoms. The van der Waals surface area contributed by atoms with Crippen molar-refractivity contribution >= 4 is 23.5 Å². The van der Waals surface area contributed by atoms with E-state index >= 15 is 0 Å². The standard InChI is InChI=1S/C17H22ClNO3/c1-2-3-4-5-6-7-8-15(17(21)22)19-16(20)13-9-11-14(18)12-10-13/h2,9-12,15H,1,3-8H2,(H,19,20)(H,21,22)/t15-/m1/s1. The summed E-state index contributed by atoms with van der Waals surface area (Å²) in [6, 6.07) is 5.50. The number of carboxylic acid groups (broad SMARTS) is 1. The first-order valence-corrected chi connectivity index (χ1v) is 7.82. The normalized spacial score (nSPS) is 11.7. The molecule has 2 N–H and O–H groups in total. The van der Waals surface area contributed by atoms with Crippen LogP contribution in [-0.4, -0.2) is 23.0 Å². The molecule has 0 aromatic heterocycles. The highest BCUT2D eigenvalue weighted by atomic mass is 35.5. The second-order valence-corrected chi connectivity index (χ2v) is 5.59. The molecular formula is C17H22ClNO3. The van der Waals surface area contributed by atoms with Crippen LogP contribution in [0.1, 0.15) is 48.9 Å². The molecule has 120 valence electrons. The van der Waals surface area contributed by atoms with Gasteiger partial charge in [-0.1, -0.05) is 36.9 Å². The molecule has 22 heavy (non-hydrogen) atoms. The summed E-state index contributed by atoms with van der Waals surface area (Å²) in [5.41, 5.74) is 0.404. The molecule has 5 heteroatoms. The molecular weight excluding hydrogens is 302 g/mol. The molecule has 1 amide bonds. The monoisotopic (exact) mass is 323 g/mol. The molecule has 0 aliphatic heterocycles. The van der Waals surface area contributed by atoms with Crippen LogP contribution < -0.4 is 5.32 Å². The topological polar surface area (TPSA) is 66.4 Å². The lowest BCUT2D eigenvalue weighted by molar-refractivity contribution is -0.139. The van der Waals surface area contributed by atoms with Crippen LogP contribution in [0.25, 0.3) is 0 Å². The van der Waals surface area contributed by atoms with Gasteiger partial charge in [0.1, 0.15) is 6.04 Å². The number of halogens is 1. The maximum Gasteiger partial charge on any atom is 0.326 e. The lowest BCUT2D eigenvalue weighted by Gasteiger charge is -2.14. The van der Waals surface area contributed by atoms with E-state index in [1.807, 2.05) is 6.08 Å². The summed E-state index contributed by atoms with van der Waals surface area (Å²) in [6.45, 7) is 3.66. The zero-order chi connectivity index (χ0) is 16.4. The molecule has 0 saturated heterocycles. The quantitative estimate of drug-likeness (QED) is 0.504. The molecule has 0 unspecified atom stereocenters. The van der Waals surface area contributed by atoms with E-state index in [0.717, 1.165) is 32.1 Å². The van der Waals surface area contributed by atoms with Gasteiger partial charge in [0, 0.05) is 10.6 Å². The molecule has 0 spiro atoms. The number of amides is 1. The Morgan fingerprint density at radius 2 is 1.82 bits per heavy atom. The summed E-state index contributed by atoms with van der Waals surface area (Å²) in [5.74, 6) is -1.40. The van der Waals surface area contributed by atoms with Gasteiger partial charge >= 0.3 is 5.97 Å². The second kappa shape index (κ2) is 10.0. The summed E-state index contributed by atoms with van der Waals surface area (Å²) >= 11 is 5.76. The molecule has 1 aromatic rings. The van der Waals surface area contributed by atoms with Gasteiger partial charge in [0.15, 0.2) is 0 Å². The number of allylic oxidation sites excluding steroid dienone is 1. The van der Waals surface area contributed by atoms with Crippen LogP contribution in [0.4, 0.5) is 0 Å². The summed E-state index contributed by atoms with van der Waals surface area (Å²) in [7, 11) is 0. The van der Waals surface area contributed by atoms with Gasteiger partial charge < -0.3 is 10.4 Å². The highest BCUT2D eigenvalue weighted by Gasteiger charge is 2.20. The largest absolute Gasteiger partial charge is 0.480 e. The summed E-state index contributed by atoms with van der Waals surface area (Å²) in [5, 5.41) is 12.3. The highest BCUT2D eigenvalue weighted by molar-refractivity contribution is 6.30. The van der Waals surface area contributed by atoms with Crippen molar-refractivity contribution in [1.29, 1.82) is 0 Å². The van der Waals surface area contributed by atoms with Gasteiger partial charge in [0.2, 0.25) is 0 Å². The van der Waals surface area contributed by atoms with E-state index in [0.29, 0.717) is 17.0 Å². The van der Waals surface area contributed by atoms with Crippen molar-refractivity contribution in [3.05, 3.63) is 47.5 Å². The van der Waals surface area contributed by atoms with Crippen molar-refractivity contribution in [1.82, 2.24) is 5.32 Å². The van der Waals surface area contributed by atoms with Gasteiger partial charge in [-0.3, -0.25) is 4.79 Å². The molecule has 0 heterocycles. The first-order chi connectivity index (χ1) is 10.5. The minimum atomic E-state index is -1.01. The maximum atomic E-state index is 12.0. The Hall–Kier alpha value is -1.81. The third-order valence-electron chi connectivity index (χ3n) is 3.36. The van der Waals surface area contributed by atoms with Crippen LogP contribution in [0.15, 0.2) is 36.9 Å². The molecule has 1 atom stereocenters. The smallest absolute Gasteiger partial charge is 0.326 e. The molecule has 0 fully saturated rings. The van der Waals surface area contributed by atoms with E-state index in [2.05, 4.69) is 11.9 Å². The fourth-order valence-corrected chi connectivity index (χ4v) is 2.22. The van der Waals surface area contributed by atoms with E-state index in [1.54, 1.807) is 24.3 Å². The fraction of sp³-hybridized carbons (Fsp3) is 0.412. The van der Waals surface area contributed by atoms with Crippen molar-refractivity contribution in [2.45, 2.75) is 44.6 Å². The Labute approximate surface area is 136 Å². The Morgan fingerprint density at radius 1 is 1.18 bits per heavy atom. The van der Waals surface area contributed by atoms with Crippen molar-refractivity contribution in [3.63, 3.8) is 0 Å². The van der Waals surface area contributed by atoms with Crippen LogP contribution in [0.2, 0.25) is 5.02 Å². The number of carbonyl (C=O) groups is 2. The lowest BCUT2D eigenvalue weighted by Crippen LogP contribution is -2.40.